The normalized spacial score (nSPS) is 11.4. The first-order valence-electron chi connectivity index (χ1n) is 5.50. The Labute approximate surface area is 107 Å². The molecule has 0 bridgehead atoms. The van der Waals surface area contributed by atoms with Crippen LogP contribution in [0, 0.1) is 0 Å². The van der Waals surface area contributed by atoms with Crippen molar-refractivity contribution < 1.29 is 17.9 Å². The fraction of sp³-hybridized carbons (Fsp3) is 0.154. The molecule has 2 N–H and O–H groups in total. The molecule has 100 valence electrons. The molecule has 1 aromatic heterocycles. The Balaban J connectivity index is 2.29. The molecule has 0 saturated carbocycles. The van der Waals surface area contributed by atoms with E-state index in [9.17, 15) is 13.2 Å². The molecular formula is C13H11F3N2O. The molecule has 0 amide bonds. The molecule has 0 atom stereocenters. The van der Waals surface area contributed by atoms with E-state index in [1.807, 2.05) is 0 Å². The highest BCUT2D eigenvalue weighted by atomic mass is 19.4. The van der Waals surface area contributed by atoms with Gasteiger partial charge >= 0.3 is 6.18 Å². The summed E-state index contributed by atoms with van der Waals surface area (Å²) in [6, 6.07) is 7.89. The molecule has 2 aromatic rings. The van der Waals surface area contributed by atoms with Crippen molar-refractivity contribution in [2.24, 2.45) is 5.73 Å². The largest absolute Gasteiger partial charge is 0.455 e. The van der Waals surface area contributed by atoms with Crippen LogP contribution in [0.1, 0.15) is 11.3 Å². The van der Waals surface area contributed by atoms with Crippen molar-refractivity contribution in [2.75, 3.05) is 0 Å². The molecule has 19 heavy (non-hydrogen) atoms. The second-order valence-electron chi connectivity index (χ2n) is 3.78. The number of aromatic nitrogens is 1. The Morgan fingerprint density at radius 2 is 1.95 bits per heavy atom. The Hall–Kier alpha value is -2.08. The smallest absolute Gasteiger partial charge is 0.416 e. The van der Waals surface area contributed by atoms with Gasteiger partial charge in [-0.3, -0.25) is 4.98 Å². The SMILES string of the molecule is NCc1ncccc1Oc1cccc(C(F)(F)F)c1. The zero-order valence-electron chi connectivity index (χ0n) is 9.82. The standard InChI is InChI=1S/C13H11F3N2O/c14-13(15,16)9-3-1-4-10(7-9)19-12-5-2-6-18-11(12)8-17/h1-7H,8,17H2. The average molecular weight is 268 g/mol. The number of hydrogen-bond acceptors (Lipinski definition) is 3. The third kappa shape index (κ3) is 3.23. The predicted molar refractivity (Wildman–Crippen MR) is 63.6 cm³/mol. The molecule has 0 fully saturated rings. The van der Waals surface area contributed by atoms with Crippen molar-refractivity contribution in [3.63, 3.8) is 0 Å². The van der Waals surface area contributed by atoms with E-state index in [2.05, 4.69) is 4.98 Å². The molecule has 2 rings (SSSR count). The van der Waals surface area contributed by atoms with Gasteiger partial charge in [-0.05, 0) is 30.3 Å². The highest BCUT2D eigenvalue weighted by Crippen LogP contribution is 2.33. The maximum absolute atomic E-state index is 12.6. The molecule has 6 heteroatoms. The zero-order chi connectivity index (χ0) is 13.9. The second kappa shape index (κ2) is 5.27. The van der Waals surface area contributed by atoms with Gasteiger partial charge in [-0.1, -0.05) is 6.07 Å². The van der Waals surface area contributed by atoms with Crippen molar-refractivity contribution in [1.29, 1.82) is 0 Å². The first-order valence-corrected chi connectivity index (χ1v) is 5.50. The first-order chi connectivity index (χ1) is 9.00. The third-order valence-corrected chi connectivity index (χ3v) is 2.43. The van der Waals surface area contributed by atoms with Crippen LogP contribution in [0.3, 0.4) is 0 Å². The van der Waals surface area contributed by atoms with E-state index in [0.29, 0.717) is 11.4 Å². The molecule has 0 aliphatic carbocycles. The summed E-state index contributed by atoms with van der Waals surface area (Å²) in [5.74, 6) is 0.446. The Morgan fingerprint density at radius 1 is 1.16 bits per heavy atom. The molecule has 1 heterocycles. The summed E-state index contributed by atoms with van der Waals surface area (Å²) >= 11 is 0. The highest BCUT2D eigenvalue weighted by molar-refractivity contribution is 5.36. The van der Waals surface area contributed by atoms with Gasteiger partial charge < -0.3 is 10.5 Å². The summed E-state index contributed by atoms with van der Waals surface area (Å²) in [4.78, 5) is 3.99. The van der Waals surface area contributed by atoms with Gasteiger partial charge in [-0.2, -0.15) is 13.2 Å². The molecule has 0 radical (unpaired) electrons. The maximum Gasteiger partial charge on any atom is 0.416 e. The van der Waals surface area contributed by atoms with Gasteiger partial charge in [-0.25, -0.2) is 0 Å². The van der Waals surface area contributed by atoms with E-state index < -0.39 is 11.7 Å². The minimum Gasteiger partial charge on any atom is -0.455 e. The number of nitrogens with zero attached hydrogens (tertiary/aromatic N) is 1. The van der Waals surface area contributed by atoms with E-state index in [1.165, 1.54) is 12.1 Å². The molecule has 0 saturated heterocycles. The molecule has 0 aliphatic rings. The van der Waals surface area contributed by atoms with Crippen LogP contribution in [0.4, 0.5) is 13.2 Å². The number of alkyl halides is 3. The quantitative estimate of drug-likeness (QED) is 0.928. The van der Waals surface area contributed by atoms with Crippen LogP contribution in [0.25, 0.3) is 0 Å². The van der Waals surface area contributed by atoms with Crippen molar-refractivity contribution in [1.82, 2.24) is 4.98 Å². The van der Waals surface area contributed by atoms with E-state index in [4.69, 9.17) is 10.5 Å². The fourth-order valence-electron chi connectivity index (χ4n) is 1.53. The van der Waals surface area contributed by atoms with Crippen LogP contribution in [0.5, 0.6) is 11.5 Å². The van der Waals surface area contributed by atoms with Gasteiger partial charge in [0.25, 0.3) is 0 Å². The summed E-state index contributed by atoms with van der Waals surface area (Å²) < 4.78 is 43.1. The number of halogens is 3. The van der Waals surface area contributed by atoms with Gasteiger partial charge in [0.2, 0.25) is 0 Å². The Kier molecular flexibility index (Phi) is 3.71. The zero-order valence-corrected chi connectivity index (χ0v) is 9.82. The molecular weight excluding hydrogens is 257 g/mol. The van der Waals surface area contributed by atoms with Crippen LogP contribution < -0.4 is 10.5 Å². The number of hydrogen-bond donors (Lipinski definition) is 1. The average Bonchev–Trinajstić information content (AvgIpc) is 2.39. The van der Waals surface area contributed by atoms with Gasteiger partial charge in [-0.15, -0.1) is 0 Å². The summed E-state index contributed by atoms with van der Waals surface area (Å²) in [6.07, 6.45) is -2.85. The van der Waals surface area contributed by atoms with E-state index >= 15 is 0 Å². The van der Waals surface area contributed by atoms with Gasteiger partial charge in [0.15, 0.2) is 0 Å². The maximum atomic E-state index is 12.6. The van der Waals surface area contributed by atoms with Crippen LogP contribution in [-0.2, 0) is 12.7 Å². The summed E-state index contributed by atoms with van der Waals surface area (Å²) in [5.41, 5.74) is 5.21. The number of ether oxygens (including phenoxy) is 1. The van der Waals surface area contributed by atoms with Crippen LogP contribution >= 0.6 is 0 Å². The van der Waals surface area contributed by atoms with Crippen LogP contribution in [0.2, 0.25) is 0 Å². The second-order valence-corrected chi connectivity index (χ2v) is 3.78. The van der Waals surface area contributed by atoms with Gasteiger partial charge in [0.05, 0.1) is 11.3 Å². The minimum atomic E-state index is -4.40. The molecule has 0 unspecified atom stereocenters. The predicted octanol–water partition coefficient (Wildman–Crippen LogP) is 3.35. The number of rotatable bonds is 3. The van der Waals surface area contributed by atoms with Crippen LogP contribution in [0.15, 0.2) is 42.6 Å². The van der Waals surface area contributed by atoms with Crippen molar-refractivity contribution in [3.8, 4) is 11.5 Å². The molecule has 0 spiro atoms. The molecule has 0 aliphatic heterocycles. The fourth-order valence-corrected chi connectivity index (χ4v) is 1.53. The lowest BCUT2D eigenvalue weighted by Gasteiger charge is -2.11. The lowest BCUT2D eigenvalue weighted by Crippen LogP contribution is -2.05. The number of benzene rings is 1. The minimum absolute atomic E-state index is 0.0949. The topological polar surface area (TPSA) is 48.1 Å². The van der Waals surface area contributed by atoms with Crippen molar-refractivity contribution in [3.05, 3.63) is 53.9 Å². The summed E-state index contributed by atoms with van der Waals surface area (Å²) in [7, 11) is 0. The van der Waals surface area contributed by atoms with E-state index in [1.54, 1.807) is 18.3 Å². The lowest BCUT2D eigenvalue weighted by atomic mass is 10.2. The first kappa shape index (κ1) is 13.4. The summed E-state index contributed by atoms with van der Waals surface area (Å²) in [5, 5.41) is 0. The van der Waals surface area contributed by atoms with E-state index in [0.717, 1.165) is 12.1 Å². The lowest BCUT2D eigenvalue weighted by molar-refractivity contribution is -0.137. The van der Waals surface area contributed by atoms with Crippen molar-refractivity contribution in [2.45, 2.75) is 12.7 Å². The number of nitrogens with two attached hydrogens (primary N) is 1. The highest BCUT2D eigenvalue weighted by Gasteiger charge is 2.30. The molecule has 3 nitrogen and oxygen atoms in total. The summed E-state index contributed by atoms with van der Waals surface area (Å²) in [6.45, 7) is 0.148. The monoisotopic (exact) mass is 268 g/mol. The van der Waals surface area contributed by atoms with Gasteiger partial charge in [0.1, 0.15) is 11.5 Å². The Bertz CT molecular complexity index is 570. The van der Waals surface area contributed by atoms with Crippen LogP contribution in [-0.4, -0.2) is 4.98 Å². The molecule has 1 aromatic carbocycles. The Morgan fingerprint density at radius 3 is 2.63 bits per heavy atom. The van der Waals surface area contributed by atoms with E-state index in [-0.39, 0.29) is 12.3 Å². The van der Waals surface area contributed by atoms with Gasteiger partial charge in [0, 0.05) is 12.7 Å². The number of pyridine rings is 1. The third-order valence-electron chi connectivity index (χ3n) is 2.43. The van der Waals surface area contributed by atoms with Crippen molar-refractivity contribution >= 4 is 0 Å².